The van der Waals surface area contributed by atoms with Gasteiger partial charge in [-0.15, -0.1) is 12.4 Å². The molecule has 1 N–H and O–H groups in total. The molecular weight excluding hydrogens is 418 g/mol. The van der Waals surface area contributed by atoms with E-state index in [2.05, 4.69) is 31.2 Å². The minimum Gasteiger partial charge on any atom is -0.462 e. The van der Waals surface area contributed by atoms with Crippen LogP contribution in [0.1, 0.15) is 29.4 Å². The van der Waals surface area contributed by atoms with E-state index in [1.54, 1.807) is 0 Å². The van der Waals surface area contributed by atoms with E-state index in [-0.39, 0.29) is 12.4 Å². The number of carbonyl (C=O) groups is 1. The van der Waals surface area contributed by atoms with Gasteiger partial charge in [0, 0.05) is 27.4 Å². The lowest BCUT2D eigenvalue weighted by atomic mass is 10.1. The number of rotatable bonds is 5. The van der Waals surface area contributed by atoms with Crippen LogP contribution in [0.3, 0.4) is 0 Å². The molecule has 0 spiro atoms. The van der Waals surface area contributed by atoms with Gasteiger partial charge in [-0.25, -0.2) is 14.8 Å². The van der Waals surface area contributed by atoms with E-state index in [9.17, 15) is 4.79 Å². The first kappa shape index (κ1) is 20.1. The van der Waals surface area contributed by atoms with Crippen molar-refractivity contribution in [3.05, 3.63) is 58.3 Å². The first-order valence-electron chi connectivity index (χ1n) is 8.04. The zero-order chi connectivity index (χ0) is 17.8. The van der Waals surface area contributed by atoms with E-state index >= 15 is 0 Å². The van der Waals surface area contributed by atoms with Gasteiger partial charge in [0.2, 0.25) is 0 Å². The Bertz CT molecular complexity index is 934. The van der Waals surface area contributed by atoms with Crippen LogP contribution in [0.5, 0.6) is 0 Å². The number of hydrogen-bond donors (Lipinski definition) is 1. The van der Waals surface area contributed by atoms with Gasteiger partial charge in [-0.2, -0.15) is 0 Å². The van der Waals surface area contributed by atoms with Crippen LogP contribution < -0.4 is 5.32 Å². The Morgan fingerprint density at radius 1 is 1.27 bits per heavy atom. The molecule has 0 atom stereocenters. The molecule has 0 fully saturated rings. The maximum Gasteiger partial charge on any atom is 0.341 e. The van der Waals surface area contributed by atoms with Gasteiger partial charge in [-0.3, -0.25) is 0 Å². The standard InChI is InChI=1S/C19H18BrN3O2.ClH/c1-3-9-25-19(24)16-11-21-18-15(8-7-12(2)22-18)17(16)23-14-6-4-5-13(20)10-14;/h4-8,10-11H,3,9H2,1-2H3,(H,21,22,23);1H. The highest BCUT2D eigenvalue weighted by Crippen LogP contribution is 2.30. The third-order valence-electron chi connectivity index (χ3n) is 3.62. The molecule has 0 saturated carbocycles. The number of hydrogen-bond acceptors (Lipinski definition) is 5. The number of anilines is 2. The second kappa shape index (κ2) is 8.96. The third kappa shape index (κ3) is 4.51. The number of nitrogens with one attached hydrogen (secondary N) is 1. The molecule has 136 valence electrons. The predicted molar refractivity (Wildman–Crippen MR) is 110 cm³/mol. The van der Waals surface area contributed by atoms with Crippen LogP contribution >= 0.6 is 28.3 Å². The van der Waals surface area contributed by atoms with Crippen molar-refractivity contribution in [3.63, 3.8) is 0 Å². The molecule has 0 aliphatic rings. The normalized spacial score (nSPS) is 10.3. The van der Waals surface area contributed by atoms with Gasteiger partial charge in [0.05, 0.1) is 12.3 Å². The van der Waals surface area contributed by atoms with E-state index in [4.69, 9.17) is 4.74 Å². The molecule has 1 aromatic carbocycles. The van der Waals surface area contributed by atoms with Gasteiger partial charge in [-0.1, -0.05) is 28.9 Å². The van der Waals surface area contributed by atoms with E-state index in [0.29, 0.717) is 23.5 Å². The number of aromatic nitrogens is 2. The lowest BCUT2D eigenvalue weighted by Gasteiger charge is -2.14. The molecule has 7 heteroatoms. The molecule has 0 aliphatic heterocycles. The fourth-order valence-corrected chi connectivity index (χ4v) is 2.84. The zero-order valence-electron chi connectivity index (χ0n) is 14.5. The number of fused-ring (bicyclic) bond motifs is 1. The van der Waals surface area contributed by atoms with Gasteiger partial charge in [0.1, 0.15) is 5.56 Å². The summed E-state index contributed by atoms with van der Waals surface area (Å²) in [5, 5.41) is 4.10. The van der Waals surface area contributed by atoms with Crippen molar-refractivity contribution >= 4 is 56.7 Å². The molecule has 0 aliphatic carbocycles. The number of aryl methyl sites for hydroxylation is 1. The van der Waals surface area contributed by atoms with Crippen LogP contribution in [0.25, 0.3) is 11.0 Å². The van der Waals surface area contributed by atoms with E-state index < -0.39 is 5.97 Å². The van der Waals surface area contributed by atoms with Gasteiger partial charge < -0.3 is 10.1 Å². The summed E-state index contributed by atoms with van der Waals surface area (Å²) in [5.41, 5.74) is 3.36. The Morgan fingerprint density at radius 2 is 2.08 bits per heavy atom. The highest BCUT2D eigenvalue weighted by molar-refractivity contribution is 9.10. The Balaban J connectivity index is 0.00000243. The van der Waals surface area contributed by atoms with E-state index in [1.807, 2.05) is 50.2 Å². The molecule has 5 nitrogen and oxygen atoms in total. The minimum atomic E-state index is -0.394. The van der Waals surface area contributed by atoms with Crippen molar-refractivity contribution in [1.29, 1.82) is 0 Å². The summed E-state index contributed by atoms with van der Waals surface area (Å²) < 4.78 is 6.25. The second-order valence-electron chi connectivity index (χ2n) is 5.64. The summed E-state index contributed by atoms with van der Waals surface area (Å²) in [4.78, 5) is 21.2. The van der Waals surface area contributed by atoms with Crippen molar-refractivity contribution in [2.75, 3.05) is 11.9 Å². The zero-order valence-corrected chi connectivity index (χ0v) is 16.9. The minimum absolute atomic E-state index is 0. The van der Waals surface area contributed by atoms with Gasteiger partial charge in [0.15, 0.2) is 5.65 Å². The molecule has 3 rings (SSSR count). The maximum absolute atomic E-state index is 12.5. The number of esters is 1. The molecule has 2 heterocycles. The highest BCUT2D eigenvalue weighted by atomic mass is 79.9. The number of ether oxygens (including phenoxy) is 1. The first-order chi connectivity index (χ1) is 12.1. The average molecular weight is 437 g/mol. The van der Waals surface area contributed by atoms with E-state index in [1.165, 1.54) is 6.20 Å². The SMILES string of the molecule is CCCOC(=O)c1cnc2nc(C)ccc2c1Nc1cccc(Br)c1.Cl. The van der Waals surface area contributed by atoms with Crippen molar-refractivity contribution in [3.8, 4) is 0 Å². The fourth-order valence-electron chi connectivity index (χ4n) is 2.44. The van der Waals surface area contributed by atoms with Crippen molar-refractivity contribution in [2.24, 2.45) is 0 Å². The summed E-state index contributed by atoms with van der Waals surface area (Å²) >= 11 is 3.46. The van der Waals surface area contributed by atoms with Gasteiger partial charge in [0.25, 0.3) is 0 Å². The lowest BCUT2D eigenvalue weighted by molar-refractivity contribution is 0.0506. The van der Waals surface area contributed by atoms with Gasteiger partial charge >= 0.3 is 5.97 Å². The highest BCUT2D eigenvalue weighted by Gasteiger charge is 2.18. The molecule has 0 saturated heterocycles. The molecule has 0 radical (unpaired) electrons. The van der Waals surface area contributed by atoms with Crippen LogP contribution in [0.15, 0.2) is 47.1 Å². The Labute approximate surface area is 166 Å². The Hall–Kier alpha value is -2.18. The fraction of sp³-hybridized carbons (Fsp3) is 0.211. The smallest absolute Gasteiger partial charge is 0.341 e. The summed E-state index contributed by atoms with van der Waals surface area (Å²) in [6.07, 6.45) is 2.29. The topological polar surface area (TPSA) is 64.1 Å². The summed E-state index contributed by atoms with van der Waals surface area (Å²) in [6.45, 7) is 4.24. The quantitative estimate of drug-likeness (QED) is 0.540. The van der Waals surface area contributed by atoms with Crippen LogP contribution in [0.2, 0.25) is 0 Å². The number of pyridine rings is 2. The van der Waals surface area contributed by atoms with Crippen LogP contribution in [0, 0.1) is 6.92 Å². The van der Waals surface area contributed by atoms with Crippen molar-refractivity contribution < 1.29 is 9.53 Å². The molecule has 3 aromatic rings. The van der Waals surface area contributed by atoms with E-state index in [0.717, 1.165) is 27.7 Å². The van der Waals surface area contributed by atoms with Crippen LogP contribution in [-0.2, 0) is 4.74 Å². The number of carbonyl (C=O) groups excluding carboxylic acids is 1. The van der Waals surface area contributed by atoms with Crippen LogP contribution in [0.4, 0.5) is 11.4 Å². The van der Waals surface area contributed by atoms with Crippen molar-refractivity contribution in [2.45, 2.75) is 20.3 Å². The summed E-state index contributed by atoms with van der Waals surface area (Å²) in [6, 6.07) is 11.6. The first-order valence-corrected chi connectivity index (χ1v) is 8.84. The van der Waals surface area contributed by atoms with Gasteiger partial charge in [-0.05, 0) is 43.7 Å². The molecule has 0 unspecified atom stereocenters. The largest absolute Gasteiger partial charge is 0.462 e. The van der Waals surface area contributed by atoms with Crippen molar-refractivity contribution in [1.82, 2.24) is 9.97 Å². The number of benzene rings is 1. The maximum atomic E-state index is 12.5. The number of nitrogens with zero attached hydrogens (tertiary/aromatic N) is 2. The Kier molecular flexibility index (Phi) is 6.94. The predicted octanol–water partition coefficient (Wildman–Crippen LogP) is 5.43. The molecule has 2 aromatic heterocycles. The summed E-state index contributed by atoms with van der Waals surface area (Å²) in [5.74, 6) is -0.394. The average Bonchev–Trinajstić information content (AvgIpc) is 2.59. The Morgan fingerprint density at radius 3 is 2.81 bits per heavy atom. The third-order valence-corrected chi connectivity index (χ3v) is 4.11. The second-order valence-corrected chi connectivity index (χ2v) is 6.56. The number of halogens is 2. The monoisotopic (exact) mass is 435 g/mol. The molecular formula is C19H19BrClN3O2. The molecule has 0 amide bonds. The molecule has 26 heavy (non-hydrogen) atoms. The lowest BCUT2D eigenvalue weighted by Crippen LogP contribution is -2.10. The molecule has 0 bridgehead atoms. The van der Waals surface area contributed by atoms with Crippen LogP contribution in [-0.4, -0.2) is 22.5 Å². The summed E-state index contributed by atoms with van der Waals surface area (Å²) in [7, 11) is 0.